The summed E-state index contributed by atoms with van der Waals surface area (Å²) in [6.45, 7) is 7.36. The van der Waals surface area contributed by atoms with Gasteiger partial charge in [-0.3, -0.25) is 0 Å². The third kappa shape index (κ3) is 5.50. The average Bonchev–Trinajstić information content (AvgIpc) is 2.27. The first kappa shape index (κ1) is 12.9. The van der Waals surface area contributed by atoms with Gasteiger partial charge in [-0.15, -0.1) is 0 Å². The summed E-state index contributed by atoms with van der Waals surface area (Å²) < 4.78 is 5.34. The lowest BCUT2D eigenvalue weighted by Crippen LogP contribution is -2.34. The van der Waals surface area contributed by atoms with Crippen molar-refractivity contribution in [3.63, 3.8) is 0 Å². The van der Waals surface area contributed by atoms with Gasteiger partial charge in [0.15, 0.2) is 0 Å². The van der Waals surface area contributed by atoms with E-state index in [2.05, 4.69) is 19.2 Å². The first-order valence-corrected chi connectivity index (χ1v) is 6.14. The Morgan fingerprint density at radius 1 is 1.33 bits per heavy atom. The van der Waals surface area contributed by atoms with Gasteiger partial charge in [0.1, 0.15) is 0 Å². The van der Waals surface area contributed by atoms with Gasteiger partial charge in [0.05, 0.1) is 0 Å². The van der Waals surface area contributed by atoms with Gasteiger partial charge in [-0.1, -0.05) is 6.92 Å². The molecule has 15 heavy (non-hydrogen) atoms. The smallest absolute Gasteiger partial charge is 0.0468 e. The van der Waals surface area contributed by atoms with Crippen molar-refractivity contribution >= 4 is 0 Å². The topological polar surface area (TPSA) is 41.5 Å². The Morgan fingerprint density at radius 2 is 2.00 bits per heavy atom. The van der Waals surface area contributed by atoms with Crippen LogP contribution in [0.3, 0.4) is 0 Å². The zero-order valence-corrected chi connectivity index (χ0v) is 10.0. The standard InChI is InChI=1S/C12H25NO2/c1-10(9-14)8-13-11(2)7-12-3-5-15-6-4-12/h10-14H,3-9H2,1-2H3. The molecule has 0 bridgehead atoms. The molecule has 0 radical (unpaired) electrons. The highest BCUT2D eigenvalue weighted by atomic mass is 16.5. The highest BCUT2D eigenvalue weighted by molar-refractivity contribution is 4.71. The molecular formula is C12H25NO2. The van der Waals surface area contributed by atoms with Crippen molar-refractivity contribution in [2.45, 2.75) is 39.2 Å². The van der Waals surface area contributed by atoms with Gasteiger partial charge < -0.3 is 15.2 Å². The lowest BCUT2D eigenvalue weighted by molar-refractivity contribution is 0.0609. The number of hydrogen-bond donors (Lipinski definition) is 2. The molecule has 0 aliphatic carbocycles. The summed E-state index contributed by atoms with van der Waals surface area (Å²) in [5, 5.41) is 12.4. The second-order valence-corrected chi connectivity index (χ2v) is 4.89. The van der Waals surface area contributed by atoms with Gasteiger partial charge in [0.2, 0.25) is 0 Å². The van der Waals surface area contributed by atoms with Crippen LogP contribution in [-0.2, 0) is 4.74 Å². The Labute approximate surface area is 93.2 Å². The molecule has 1 aliphatic heterocycles. The second-order valence-electron chi connectivity index (χ2n) is 4.89. The Morgan fingerprint density at radius 3 is 2.60 bits per heavy atom. The first-order valence-electron chi connectivity index (χ1n) is 6.14. The largest absolute Gasteiger partial charge is 0.396 e. The van der Waals surface area contributed by atoms with Gasteiger partial charge in [0, 0.05) is 32.4 Å². The monoisotopic (exact) mass is 215 g/mol. The van der Waals surface area contributed by atoms with Crippen LogP contribution in [0.1, 0.15) is 33.1 Å². The second kappa shape index (κ2) is 7.20. The van der Waals surface area contributed by atoms with Crippen LogP contribution in [0.2, 0.25) is 0 Å². The third-order valence-electron chi connectivity index (χ3n) is 3.15. The third-order valence-corrected chi connectivity index (χ3v) is 3.15. The van der Waals surface area contributed by atoms with E-state index in [0.717, 1.165) is 25.7 Å². The lowest BCUT2D eigenvalue weighted by Gasteiger charge is -2.26. The van der Waals surface area contributed by atoms with Crippen molar-refractivity contribution in [1.29, 1.82) is 0 Å². The quantitative estimate of drug-likeness (QED) is 0.704. The predicted molar refractivity (Wildman–Crippen MR) is 61.9 cm³/mol. The van der Waals surface area contributed by atoms with E-state index in [4.69, 9.17) is 9.84 Å². The predicted octanol–water partition coefficient (Wildman–Crippen LogP) is 1.41. The fraction of sp³-hybridized carbons (Fsp3) is 1.00. The van der Waals surface area contributed by atoms with Crippen LogP contribution in [0.5, 0.6) is 0 Å². The maximum atomic E-state index is 8.91. The van der Waals surface area contributed by atoms with Crippen molar-refractivity contribution in [1.82, 2.24) is 5.32 Å². The molecule has 2 unspecified atom stereocenters. The minimum Gasteiger partial charge on any atom is -0.396 e. The molecule has 1 heterocycles. The van der Waals surface area contributed by atoms with E-state index >= 15 is 0 Å². The molecule has 1 aliphatic rings. The molecule has 1 fully saturated rings. The van der Waals surface area contributed by atoms with Crippen molar-refractivity contribution in [2.75, 3.05) is 26.4 Å². The fourth-order valence-corrected chi connectivity index (χ4v) is 2.03. The summed E-state index contributed by atoms with van der Waals surface area (Å²) in [6, 6.07) is 0.557. The zero-order chi connectivity index (χ0) is 11.1. The van der Waals surface area contributed by atoms with Crippen LogP contribution in [-0.4, -0.2) is 37.5 Å². The Balaban J connectivity index is 2.08. The van der Waals surface area contributed by atoms with Gasteiger partial charge in [-0.05, 0) is 38.0 Å². The van der Waals surface area contributed by atoms with Gasteiger partial charge >= 0.3 is 0 Å². The summed E-state index contributed by atoms with van der Waals surface area (Å²) >= 11 is 0. The molecule has 90 valence electrons. The molecule has 0 spiro atoms. The highest BCUT2D eigenvalue weighted by Gasteiger charge is 2.16. The molecule has 0 amide bonds. The van der Waals surface area contributed by atoms with E-state index in [1.807, 2.05) is 0 Å². The Bertz CT molecular complexity index is 158. The highest BCUT2D eigenvalue weighted by Crippen LogP contribution is 2.19. The van der Waals surface area contributed by atoms with E-state index in [1.54, 1.807) is 0 Å². The van der Waals surface area contributed by atoms with Crippen molar-refractivity contribution in [2.24, 2.45) is 11.8 Å². The summed E-state index contributed by atoms with van der Waals surface area (Å²) in [6.07, 6.45) is 3.66. The number of aliphatic hydroxyl groups is 1. The maximum absolute atomic E-state index is 8.91. The maximum Gasteiger partial charge on any atom is 0.0468 e. The molecule has 1 saturated heterocycles. The molecule has 3 nitrogen and oxygen atoms in total. The zero-order valence-electron chi connectivity index (χ0n) is 10.0. The molecule has 0 aromatic heterocycles. The van der Waals surface area contributed by atoms with E-state index in [9.17, 15) is 0 Å². The molecule has 0 aromatic rings. The summed E-state index contributed by atoms with van der Waals surface area (Å²) in [5.41, 5.74) is 0. The van der Waals surface area contributed by atoms with Crippen LogP contribution >= 0.6 is 0 Å². The molecule has 2 N–H and O–H groups in total. The summed E-state index contributed by atoms with van der Waals surface area (Å²) in [5.74, 6) is 1.19. The number of rotatable bonds is 6. The minimum absolute atomic E-state index is 0.275. The minimum atomic E-state index is 0.275. The van der Waals surface area contributed by atoms with Crippen LogP contribution in [0.4, 0.5) is 0 Å². The fourth-order valence-electron chi connectivity index (χ4n) is 2.03. The molecule has 0 aromatic carbocycles. The number of hydrogen-bond acceptors (Lipinski definition) is 3. The SMILES string of the molecule is CC(CO)CNC(C)CC1CCOCC1. The average molecular weight is 215 g/mol. The van der Waals surface area contributed by atoms with Crippen LogP contribution in [0.25, 0.3) is 0 Å². The van der Waals surface area contributed by atoms with E-state index in [1.165, 1.54) is 19.3 Å². The number of ether oxygens (including phenoxy) is 1. The van der Waals surface area contributed by atoms with Crippen LogP contribution in [0.15, 0.2) is 0 Å². The lowest BCUT2D eigenvalue weighted by atomic mass is 9.93. The molecule has 2 atom stereocenters. The van der Waals surface area contributed by atoms with Gasteiger partial charge in [-0.2, -0.15) is 0 Å². The summed E-state index contributed by atoms with van der Waals surface area (Å²) in [4.78, 5) is 0. The molecule has 0 saturated carbocycles. The van der Waals surface area contributed by atoms with Crippen LogP contribution in [0, 0.1) is 11.8 Å². The molecule has 3 heteroatoms. The van der Waals surface area contributed by atoms with E-state index < -0.39 is 0 Å². The number of nitrogens with one attached hydrogen (secondary N) is 1. The van der Waals surface area contributed by atoms with E-state index in [0.29, 0.717) is 12.0 Å². The van der Waals surface area contributed by atoms with Crippen molar-refractivity contribution in [3.8, 4) is 0 Å². The van der Waals surface area contributed by atoms with Gasteiger partial charge in [-0.25, -0.2) is 0 Å². The van der Waals surface area contributed by atoms with Crippen LogP contribution < -0.4 is 5.32 Å². The first-order chi connectivity index (χ1) is 7.22. The Kier molecular flexibility index (Phi) is 6.22. The van der Waals surface area contributed by atoms with Crippen molar-refractivity contribution < 1.29 is 9.84 Å². The van der Waals surface area contributed by atoms with Gasteiger partial charge in [0.25, 0.3) is 0 Å². The Hall–Kier alpha value is -0.120. The van der Waals surface area contributed by atoms with E-state index in [-0.39, 0.29) is 6.61 Å². The normalized spacial score (nSPS) is 22.6. The number of aliphatic hydroxyl groups excluding tert-OH is 1. The summed E-state index contributed by atoms with van der Waals surface area (Å²) in [7, 11) is 0. The molecular weight excluding hydrogens is 190 g/mol. The van der Waals surface area contributed by atoms with Crippen molar-refractivity contribution in [3.05, 3.63) is 0 Å². The molecule has 1 rings (SSSR count).